The van der Waals surface area contributed by atoms with Crippen LogP contribution in [0.2, 0.25) is 0 Å². The molecule has 1 fully saturated rings. The van der Waals surface area contributed by atoms with Gasteiger partial charge in [-0.1, -0.05) is 12.1 Å². The molecule has 3 aromatic rings. The summed E-state index contributed by atoms with van der Waals surface area (Å²) in [7, 11) is 1.53. The number of halogens is 6. The zero-order valence-corrected chi connectivity index (χ0v) is 19.8. The van der Waals surface area contributed by atoms with E-state index in [-0.39, 0.29) is 28.8 Å². The van der Waals surface area contributed by atoms with E-state index in [0.717, 1.165) is 0 Å². The van der Waals surface area contributed by atoms with Crippen LogP contribution in [0.25, 0.3) is 0 Å². The summed E-state index contributed by atoms with van der Waals surface area (Å²) in [6, 6.07) is 13.8. The van der Waals surface area contributed by atoms with E-state index in [1.807, 2.05) is 0 Å². The van der Waals surface area contributed by atoms with Crippen LogP contribution in [0.15, 0.2) is 66.7 Å². The number of alkyl halides is 6. The number of benzene rings is 3. The SMILES string of the molecule is COc1ccc(N2C(=O)CSC2c2ccc(NC(=O)c3cc(C(F)(F)F)cc(C(F)(F)F)c3)cc2)cc1. The molecule has 37 heavy (non-hydrogen) atoms. The van der Waals surface area contributed by atoms with Crippen LogP contribution in [-0.2, 0) is 17.1 Å². The van der Waals surface area contributed by atoms with Crippen molar-refractivity contribution >= 4 is 35.0 Å². The number of rotatable bonds is 5. The first kappa shape index (κ1) is 26.4. The Hall–Kier alpha value is -3.67. The highest BCUT2D eigenvalue weighted by Gasteiger charge is 2.38. The van der Waals surface area contributed by atoms with E-state index in [1.54, 1.807) is 41.3 Å². The molecule has 194 valence electrons. The summed E-state index contributed by atoms with van der Waals surface area (Å²) in [5.41, 5.74) is -2.42. The van der Waals surface area contributed by atoms with Crippen molar-refractivity contribution in [1.29, 1.82) is 0 Å². The molecule has 4 rings (SSSR count). The first-order valence-electron chi connectivity index (χ1n) is 10.7. The smallest absolute Gasteiger partial charge is 0.416 e. The maximum absolute atomic E-state index is 13.1. The highest BCUT2D eigenvalue weighted by atomic mass is 32.2. The zero-order valence-electron chi connectivity index (χ0n) is 19.0. The fourth-order valence-corrected chi connectivity index (χ4v) is 4.89. The molecule has 5 nitrogen and oxygen atoms in total. The topological polar surface area (TPSA) is 58.6 Å². The first-order valence-corrected chi connectivity index (χ1v) is 11.7. The van der Waals surface area contributed by atoms with Gasteiger partial charge in [0.15, 0.2) is 0 Å². The lowest BCUT2D eigenvalue weighted by molar-refractivity contribution is -0.143. The minimum atomic E-state index is -5.07. The second kappa shape index (κ2) is 10.0. The Balaban J connectivity index is 1.54. The van der Waals surface area contributed by atoms with Gasteiger partial charge in [0.1, 0.15) is 11.1 Å². The Morgan fingerprint density at radius 3 is 2.00 bits per heavy atom. The van der Waals surface area contributed by atoms with E-state index in [1.165, 1.54) is 31.0 Å². The number of thioether (sulfide) groups is 1. The molecule has 3 aromatic carbocycles. The second-order valence-electron chi connectivity index (χ2n) is 8.00. The van der Waals surface area contributed by atoms with Crippen molar-refractivity contribution < 1.29 is 40.7 Å². The molecule has 1 saturated heterocycles. The molecule has 1 heterocycles. The average molecular weight is 540 g/mol. The lowest BCUT2D eigenvalue weighted by Gasteiger charge is -2.24. The molecular weight excluding hydrogens is 522 g/mol. The van der Waals surface area contributed by atoms with Crippen LogP contribution in [0.4, 0.5) is 37.7 Å². The Kier molecular flexibility index (Phi) is 7.13. The summed E-state index contributed by atoms with van der Waals surface area (Å²) < 4.78 is 83.8. The van der Waals surface area contributed by atoms with Gasteiger partial charge in [0, 0.05) is 16.9 Å². The monoisotopic (exact) mass is 540 g/mol. The molecule has 1 atom stereocenters. The summed E-state index contributed by atoms with van der Waals surface area (Å²) in [5.74, 6) is -0.369. The number of hydrogen-bond acceptors (Lipinski definition) is 4. The van der Waals surface area contributed by atoms with E-state index >= 15 is 0 Å². The largest absolute Gasteiger partial charge is 0.497 e. The lowest BCUT2D eigenvalue weighted by Crippen LogP contribution is -2.27. The van der Waals surface area contributed by atoms with Gasteiger partial charge in [0.05, 0.1) is 24.0 Å². The molecule has 0 radical (unpaired) electrons. The van der Waals surface area contributed by atoms with E-state index in [0.29, 0.717) is 29.1 Å². The summed E-state index contributed by atoms with van der Waals surface area (Å²) in [6.07, 6.45) is -10.1. The molecule has 1 aliphatic rings. The van der Waals surface area contributed by atoms with Gasteiger partial charge in [-0.25, -0.2) is 0 Å². The Bertz CT molecular complexity index is 1280. The number of hydrogen-bond donors (Lipinski definition) is 1. The maximum atomic E-state index is 13.1. The third-order valence-corrected chi connectivity index (χ3v) is 6.73. The molecule has 0 spiro atoms. The first-order chi connectivity index (χ1) is 17.4. The van der Waals surface area contributed by atoms with Gasteiger partial charge >= 0.3 is 12.4 Å². The van der Waals surface area contributed by atoms with Crippen LogP contribution in [0.3, 0.4) is 0 Å². The fraction of sp³-hybridized carbons (Fsp3) is 0.200. The molecule has 0 aromatic heterocycles. The minimum absolute atomic E-state index is 0.0410. The predicted octanol–water partition coefficient (Wildman–Crippen LogP) is 6.76. The molecular formula is C25H18F6N2O3S. The number of nitrogens with zero attached hydrogens (tertiary/aromatic N) is 1. The number of carbonyl (C=O) groups is 2. The quantitative estimate of drug-likeness (QED) is 0.363. The molecule has 12 heteroatoms. The summed E-state index contributed by atoms with van der Waals surface area (Å²) in [5, 5.41) is 1.95. The van der Waals surface area contributed by atoms with Crippen molar-refractivity contribution in [2.45, 2.75) is 17.7 Å². The summed E-state index contributed by atoms with van der Waals surface area (Å²) in [4.78, 5) is 26.7. The van der Waals surface area contributed by atoms with E-state index < -0.39 is 35.0 Å². The van der Waals surface area contributed by atoms with Crippen LogP contribution in [-0.4, -0.2) is 24.7 Å². The van der Waals surface area contributed by atoms with Crippen LogP contribution >= 0.6 is 11.8 Å². The Labute approximate surface area is 211 Å². The molecule has 0 saturated carbocycles. The van der Waals surface area contributed by atoms with Gasteiger partial charge in [0.25, 0.3) is 5.91 Å². The molecule has 0 bridgehead atoms. The third-order valence-electron chi connectivity index (χ3n) is 5.52. The van der Waals surface area contributed by atoms with Crippen molar-refractivity contribution in [2.24, 2.45) is 0 Å². The average Bonchev–Trinajstić information content (AvgIpc) is 3.24. The van der Waals surface area contributed by atoms with E-state index in [2.05, 4.69) is 5.32 Å². The number of methoxy groups -OCH3 is 1. The third kappa shape index (κ3) is 5.85. The number of anilines is 2. The van der Waals surface area contributed by atoms with Crippen molar-refractivity contribution in [3.8, 4) is 5.75 Å². The standard InChI is InChI=1S/C25H18F6N2O3S/c1-36-20-8-6-19(7-9-20)33-21(34)13-37-23(33)14-2-4-18(5-3-14)32-22(35)15-10-16(24(26,27)28)12-17(11-15)25(29,30)31/h2-12,23H,13H2,1H3,(H,32,35). The summed E-state index contributed by atoms with van der Waals surface area (Å²) in [6.45, 7) is 0. The van der Waals surface area contributed by atoms with Gasteiger partial charge in [-0.05, 0) is 60.2 Å². The minimum Gasteiger partial charge on any atom is -0.497 e. The van der Waals surface area contributed by atoms with Gasteiger partial charge in [-0.2, -0.15) is 26.3 Å². The Morgan fingerprint density at radius 2 is 1.49 bits per heavy atom. The van der Waals surface area contributed by atoms with Crippen molar-refractivity contribution in [3.63, 3.8) is 0 Å². The van der Waals surface area contributed by atoms with Crippen LogP contribution < -0.4 is 15.0 Å². The predicted molar refractivity (Wildman–Crippen MR) is 127 cm³/mol. The van der Waals surface area contributed by atoms with E-state index in [9.17, 15) is 35.9 Å². The van der Waals surface area contributed by atoms with E-state index in [4.69, 9.17) is 4.74 Å². The van der Waals surface area contributed by atoms with Gasteiger partial charge in [-0.3, -0.25) is 14.5 Å². The molecule has 0 aliphatic carbocycles. The lowest BCUT2D eigenvalue weighted by atomic mass is 10.0. The zero-order chi connectivity index (χ0) is 27.0. The highest BCUT2D eigenvalue weighted by Crippen LogP contribution is 2.42. The number of amides is 2. The van der Waals surface area contributed by atoms with Crippen LogP contribution in [0.1, 0.15) is 32.4 Å². The molecule has 1 N–H and O–H groups in total. The van der Waals surface area contributed by atoms with Gasteiger partial charge in [-0.15, -0.1) is 11.8 Å². The number of ether oxygens (including phenoxy) is 1. The molecule has 1 unspecified atom stereocenters. The second-order valence-corrected chi connectivity index (χ2v) is 9.06. The summed E-state index contributed by atoms with van der Waals surface area (Å²) >= 11 is 1.39. The van der Waals surface area contributed by atoms with Gasteiger partial charge < -0.3 is 10.1 Å². The normalized spacial score (nSPS) is 16.1. The number of carbonyl (C=O) groups excluding carboxylic acids is 2. The molecule has 1 aliphatic heterocycles. The fourth-order valence-electron chi connectivity index (χ4n) is 3.71. The van der Waals surface area contributed by atoms with Crippen LogP contribution in [0, 0.1) is 0 Å². The molecule has 2 amide bonds. The Morgan fingerprint density at radius 1 is 0.919 bits per heavy atom. The van der Waals surface area contributed by atoms with Crippen molar-refractivity contribution in [2.75, 3.05) is 23.1 Å². The van der Waals surface area contributed by atoms with Crippen molar-refractivity contribution in [3.05, 3.63) is 89.0 Å². The maximum Gasteiger partial charge on any atom is 0.416 e. The highest BCUT2D eigenvalue weighted by molar-refractivity contribution is 8.00. The van der Waals surface area contributed by atoms with Gasteiger partial charge in [0.2, 0.25) is 5.91 Å². The van der Waals surface area contributed by atoms with Crippen LogP contribution in [0.5, 0.6) is 5.75 Å². The van der Waals surface area contributed by atoms with Crippen molar-refractivity contribution in [1.82, 2.24) is 0 Å². The number of nitrogens with one attached hydrogen (secondary N) is 1.